The van der Waals surface area contributed by atoms with Gasteiger partial charge in [-0.1, -0.05) is 6.07 Å². The first kappa shape index (κ1) is 16.9. The number of thiazole rings is 1. The van der Waals surface area contributed by atoms with Crippen LogP contribution in [0.3, 0.4) is 0 Å². The van der Waals surface area contributed by atoms with Crippen LogP contribution in [0.2, 0.25) is 0 Å². The number of nitrogens with zero attached hydrogens (tertiary/aromatic N) is 2. The van der Waals surface area contributed by atoms with Crippen LogP contribution in [-0.2, 0) is 4.79 Å². The normalized spacial score (nSPS) is 10.8. The van der Waals surface area contributed by atoms with Crippen LogP contribution in [0.1, 0.15) is 0 Å². The first-order valence-corrected chi connectivity index (χ1v) is 7.31. The fourth-order valence-electron chi connectivity index (χ4n) is 1.73. The van der Waals surface area contributed by atoms with Crippen molar-refractivity contribution in [3.8, 4) is 11.3 Å². The third-order valence-electron chi connectivity index (χ3n) is 2.81. The summed E-state index contributed by atoms with van der Waals surface area (Å²) in [7, 11) is 1.89. The Morgan fingerprint density at radius 3 is 2.48 bits per heavy atom. The van der Waals surface area contributed by atoms with Crippen molar-refractivity contribution in [1.29, 1.82) is 0 Å². The third kappa shape index (κ3) is 4.75. The zero-order valence-electron chi connectivity index (χ0n) is 12.0. The number of benzene rings is 1. The van der Waals surface area contributed by atoms with Crippen LogP contribution in [0.25, 0.3) is 21.5 Å². The van der Waals surface area contributed by atoms with Crippen molar-refractivity contribution in [3.63, 3.8) is 0 Å². The molecule has 0 fully saturated rings. The number of halogens is 3. The van der Waals surface area contributed by atoms with E-state index in [1.54, 1.807) is 11.3 Å². The van der Waals surface area contributed by atoms with Gasteiger partial charge in [0.2, 0.25) is 6.29 Å². The fourth-order valence-corrected chi connectivity index (χ4v) is 2.39. The molecule has 1 aromatic carbocycles. The largest absolute Gasteiger partial charge is 0.446 e. The van der Waals surface area contributed by atoms with Gasteiger partial charge in [0.1, 0.15) is 0 Å². The summed E-state index contributed by atoms with van der Waals surface area (Å²) in [6, 6.07) is 10.3. The van der Waals surface area contributed by atoms with Crippen molar-refractivity contribution in [2.75, 3.05) is 12.4 Å². The summed E-state index contributed by atoms with van der Waals surface area (Å²) in [5.74, 6) is 0. The van der Waals surface area contributed by atoms with Gasteiger partial charge in [-0.2, -0.15) is 13.2 Å². The van der Waals surface area contributed by atoms with Crippen molar-refractivity contribution in [3.05, 3.63) is 42.0 Å². The van der Waals surface area contributed by atoms with Gasteiger partial charge in [-0.15, -0.1) is 11.3 Å². The molecule has 0 saturated heterocycles. The van der Waals surface area contributed by atoms with E-state index in [-0.39, 0.29) is 0 Å². The lowest BCUT2D eigenvalue weighted by molar-refractivity contribution is -0.156. The molecular formula is C15H12F3N3OS. The zero-order chi connectivity index (χ0) is 16.9. The molecule has 0 spiro atoms. The van der Waals surface area contributed by atoms with E-state index in [4.69, 9.17) is 4.79 Å². The van der Waals surface area contributed by atoms with Gasteiger partial charge in [0, 0.05) is 12.6 Å². The second-order valence-electron chi connectivity index (χ2n) is 4.38. The minimum absolute atomic E-state index is 0.971. The van der Waals surface area contributed by atoms with Crippen molar-refractivity contribution < 1.29 is 18.0 Å². The lowest BCUT2D eigenvalue weighted by Crippen LogP contribution is -2.07. The van der Waals surface area contributed by atoms with Gasteiger partial charge in [0.05, 0.1) is 33.3 Å². The molecule has 0 aliphatic heterocycles. The van der Waals surface area contributed by atoms with Gasteiger partial charge in [-0.05, 0) is 24.3 Å². The van der Waals surface area contributed by atoms with E-state index in [0.717, 1.165) is 22.5 Å². The number of hydrogen-bond acceptors (Lipinski definition) is 5. The van der Waals surface area contributed by atoms with E-state index in [1.807, 2.05) is 30.9 Å². The highest BCUT2D eigenvalue weighted by molar-refractivity contribution is 7.16. The number of anilines is 1. The van der Waals surface area contributed by atoms with Crippen LogP contribution >= 0.6 is 11.3 Å². The molecule has 0 amide bonds. The molecule has 0 aliphatic rings. The SMILES string of the molecule is CNc1ccc(-c2ccc3scnc3c2)nc1.O=CC(F)(F)F. The second-order valence-corrected chi connectivity index (χ2v) is 5.26. The van der Waals surface area contributed by atoms with Gasteiger partial charge < -0.3 is 5.32 Å². The number of aldehydes is 1. The first-order chi connectivity index (χ1) is 10.9. The Morgan fingerprint density at radius 1 is 1.17 bits per heavy atom. The molecular weight excluding hydrogens is 327 g/mol. The number of carbonyl (C=O) groups excluding carboxylic acids is 1. The molecule has 0 aliphatic carbocycles. The van der Waals surface area contributed by atoms with Gasteiger partial charge in [0.15, 0.2) is 0 Å². The predicted octanol–water partition coefficient (Wildman–Crippen LogP) is 4.15. The summed E-state index contributed by atoms with van der Waals surface area (Å²) in [4.78, 5) is 17.4. The Labute approximate surface area is 134 Å². The topological polar surface area (TPSA) is 54.9 Å². The Hall–Kier alpha value is -2.48. The maximum absolute atomic E-state index is 10.4. The minimum atomic E-state index is -4.64. The molecule has 4 nitrogen and oxygen atoms in total. The van der Waals surface area contributed by atoms with Crippen molar-refractivity contribution in [2.45, 2.75) is 6.18 Å². The van der Waals surface area contributed by atoms with E-state index in [0.29, 0.717) is 0 Å². The molecule has 120 valence electrons. The van der Waals surface area contributed by atoms with Crippen LogP contribution in [-0.4, -0.2) is 29.5 Å². The van der Waals surface area contributed by atoms with Gasteiger partial charge >= 0.3 is 6.18 Å². The lowest BCUT2D eigenvalue weighted by atomic mass is 10.1. The van der Waals surface area contributed by atoms with E-state index in [2.05, 4.69) is 33.5 Å². The van der Waals surface area contributed by atoms with E-state index >= 15 is 0 Å². The molecule has 0 radical (unpaired) electrons. The Balaban J connectivity index is 0.000000277. The first-order valence-electron chi connectivity index (χ1n) is 6.43. The fraction of sp³-hybridized carbons (Fsp3) is 0.133. The summed E-state index contributed by atoms with van der Waals surface area (Å²) in [5.41, 5.74) is 5.99. The summed E-state index contributed by atoms with van der Waals surface area (Å²) in [6.07, 6.45) is -3.87. The minimum Gasteiger partial charge on any atom is -0.387 e. The van der Waals surface area contributed by atoms with Crippen LogP contribution in [0, 0.1) is 0 Å². The number of aromatic nitrogens is 2. The molecule has 23 heavy (non-hydrogen) atoms. The second kappa shape index (κ2) is 7.19. The van der Waals surface area contributed by atoms with E-state index in [1.165, 1.54) is 4.70 Å². The highest BCUT2D eigenvalue weighted by atomic mass is 32.1. The third-order valence-corrected chi connectivity index (χ3v) is 3.62. The number of fused-ring (bicyclic) bond motifs is 1. The molecule has 3 rings (SSSR count). The van der Waals surface area contributed by atoms with Gasteiger partial charge in [-0.25, -0.2) is 4.98 Å². The van der Waals surface area contributed by atoms with Crippen LogP contribution in [0.5, 0.6) is 0 Å². The average Bonchev–Trinajstić information content (AvgIpc) is 3.02. The highest BCUT2D eigenvalue weighted by Gasteiger charge is 2.24. The highest BCUT2D eigenvalue weighted by Crippen LogP contribution is 2.25. The predicted molar refractivity (Wildman–Crippen MR) is 84.5 cm³/mol. The van der Waals surface area contributed by atoms with Crippen LogP contribution in [0.4, 0.5) is 18.9 Å². The van der Waals surface area contributed by atoms with Crippen molar-refractivity contribution in [2.24, 2.45) is 0 Å². The van der Waals surface area contributed by atoms with E-state index < -0.39 is 12.5 Å². The summed E-state index contributed by atoms with van der Waals surface area (Å²) < 4.78 is 32.5. The zero-order valence-corrected chi connectivity index (χ0v) is 12.8. The number of alkyl halides is 3. The monoisotopic (exact) mass is 339 g/mol. The number of nitrogens with one attached hydrogen (secondary N) is 1. The molecule has 0 atom stereocenters. The molecule has 2 aromatic heterocycles. The molecule has 0 saturated carbocycles. The summed E-state index contributed by atoms with van der Waals surface area (Å²) >= 11 is 1.66. The molecule has 3 aromatic rings. The quantitative estimate of drug-likeness (QED) is 0.713. The molecule has 1 N–H and O–H groups in total. The van der Waals surface area contributed by atoms with Gasteiger partial charge in [0.25, 0.3) is 0 Å². The molecule has 0 bridgehead atoms. The van der Waals surface area contributed by atoms with Crippen LogP contribution < -0.4 is 5.32 Å². The Kier molecular flexibility index (Phi) is 5.28. The summed E-state index contributed by atoms with van der Waals surface area (Å²) in [5, 5.41) is 3.06. The van der Waals surface area contributed by atoms with Crippen LogP contribution in [0.15, 0.2) is 42.0 Å². The maximum Gasteiger partial charge on any atom is 0.446 e. The molecule has 2 heterocycles. The number of hydrogen-bond donors (Lipinski definition) is 1. The Morgan fingerprint density at radius 2 is 1.91 bits per heavy atom. The lowest BCUT2D eigenvalue weighted by Gasteiger charge is -2.03. The molecule has 0 unspecified atom stereocenters. The van der Waals surface area contributed by atoms with E-state index in [9.17, 15) is 13.2 Å². The Bertz CT molecular complexity index is 785. The maximum atomic E-state index is 10.4. The molecule has 8 heteroatoms. The van der Waals surface area contributed by atoms with Crippen molar-refractivity contribution in [1.82, 2.24) is 9.97 Å². The standard InChI is InChI=1S/C13H11N3S.C2HF3O/c1-14-10-3-4-11(15-7-10)9-2-5-13-12(6-9)16-8-17-13;3-2(4,5)1-6/h2-8,14H,1H3;1H. The smallest absolute Gasteiger partial charge is 0.387 e. The number of pyridine rings is 1. The number of rotatable bonds is 2. The number of carbonyl (C=O) groups is 1. The average molecular weight is 339 g/mol. The van der Waals surface area contributed by atoms with Gasteiger partial charge in [-0.3, -0.25) is 9.78 Å². The summed E-state index contributed by atoms with van der Waals surface area (Å²) in [6.45, 7) is 0. The van der Waals surface area contributed by atoms with Crippen molar-refractivity contribution >= 4 is 33.5 Å².